The molecular weight excluding hydrogens is 548 g/mol. The Labute approximate surface area is 213 Å². The second kappa shape index (κ2) is 6.50. The summed E-state index contributed by atoms with van der Waals surface area (Å²) < 4.78 is 8.79. The van der Waals surface area contributed by atoms with Crippen LogP contribution in [0.25, 0.3) is 44.2 Å². The topological polar surface area (TPSA) is 13.1 Å². The van der Waals surface area contributed by atoms with Gasteiger partial charge in [0.1, 0.15) is 11.2 Å². The number of fused-ring (bicyclic) bond motifs is 14. The molecule has 5 aromatic carbocycles. The van der Waals surface area contributed by atoms with Crippen LogP contribution in [0.4, 0.5) is 0 Å². The molecule has 0 bridgehead atoms. The van der Waals surface area contributed by atoms with E-state index in [1.807, 2.05) is 6.07 Å². The largest absolute Gasteiger partial charge is 0.455 e. The first-order valence-corrected chi connectivity index (χ1v) is 12.9. The molecular formula is C31H16Br2O. The molecule has 0 atom stereocenters. The number of para-hydroxylation sites is 1. The van der Waals surface area contributed by atoms with E-state index in [2.05, 4.69) is 123 Å². The number of hydrogen-bond donors (Lipinski definition) is 0. The van der Waals surface area contributed by atoms with E-state index < -0.39 is 5.41 Å². The zero-order chi connectivity index (χ0) is 22.6. The van der Waals surface area contributed by atoms with E-state index in [-0.39, 0.29) is 0 Å². The van der Waals surface area contributed by atoms with E-state index in [4.69, 9.17) is 4.42 Å². The van der Waals surface area contributed by atoms with E-state index in [0.29, 0.717) is 0 Å². The average Bonchev–Trinajstić information content (AvgIpc) is 3.49. The fourth-order valence-corrected chi connectivity index (χ4v) is 7.58. The highest BCUT2D eigenvalue weighted by Gasteiger charge is 2.53. The third kappa shape index (κ3) is 2.08. The van der Waals surface area contributed by atoms with Crippen molar-refractivity contribution in [3.05, 3.63) is 128 Å². The van der Waals surface area contributed by atoms with Gasteiger partial charge in [0, 0.05) is 36.4 Å². The number of rotatable bonds is 0. The molecule has 1 spiro atoms. The average molecular weight is 564 g/mol. The van der Waals surface area contributed by atoms with Crippen LogP contribution in [-0.4, -0.2) is 0 Å². The molecule has 0 saturated heterocycles. The highest BCUT2D eigenvalue weighted by molar-refractivity contribution is 9.11. The maximum absolute atomic E-state index is 6.56. The summed E-state index contributed by atoms with van der Waals surface area (Å²) in [5.41, 5.74) is 11.7. The summed E-state index contributed by atoms with van der Waals surface area (Å²) in [5, 5.41) is 2.33. The first kappa shape index (κ1) is 19.2. The predicted octanol–water partition coefficient (Wildman–Crippen LogP) is 9.45. The molecule has 2 aliphatic carbocycles. The standard InChI is InChI=1S/C31H16Br2O/c32-24-12-5-10-21-28(24)29-22(11-6-13-25(29)33)31(21)20-9-3-1-8-19(20)27-23(31)16-15-18-17-7-2-4-14-26(17)34-30(18)27/h1-16H. The quantitative estimate of drug-likeness (QED) is 0.179. The van der Waals surface area contributed by atoms with Gasteiger partial charge in [0.05, 0.1) is 5.41 Å². The summed E-state index contributed by atoms with van der Waals surface area (Å²) in [6.07, 6.45) is 0. The monoisotopic (exact) mass is 562 g/mol. The molecule has 6 aromatic rings. The lowest BCUT2D eigenvalue weighted by Gasteiger charge is -2.30. The van der Waals surface area contributed by atoms with Gasteiger partial charge in [-0.25, -0.2) is 0 Å². The normalized spacial score (nSPS) is 14.4. The van der Waals surface area contributed by atoms with Crippen LogP contribution in [0.1, 0.15) is 22.3 Å². The Hall–Kier alpha value is -3.14. The minimum absolute atomic E-state index is 0.392. The smallest absolute Gasteiger partial charge is 0.143 e. The van der Waals surface area contributed by atoms with Crippen LogP contribution >= 0.6 is 31.9 Å². The van der Waals surface area contributed by atoms with Gasteiger partial charge in [-0.1, -0.05) is 111 Å². The molecule has 0 amide bonds. The van der Waals surface area contributed by atoms with E-state index in [9.17, 15) is 0 Å². The highest BCUT2D eigenvalue weighted by atomic mass is 79.9. The third-order valence-corrected chi connectivity index (χ3v) is 8.96. The first-order chi connectivity index (χ1) is 16.7. The summed E-state index contributed by atoms with van der Waals surface area (Å²) >= 11 is 7.77. The number of halogens is 2. The van der Waals surface area contributed by atoms with E-state index in [1.54, 1.807) is 0 Å². The molecule has 0 radical (unpaired) electrons. The molecule has 0 unspecified atom stereocenters. The summed E-state index contributed by atoms with van der Waals surface area (Å²) in [7, 11) is 0. The fraction of sp³-hybridized carbons (Fsp3) is 0.0323. The van der Waals surface area contributed by atoms with Crippen molar-refractivity contribution in [1.82, 2.24) is 0 Å². The molecule has 1 aromatic heterocycles. The van der Waals surface area contributed by atoms with Gasteiger partial charge < -0.3 is 4.42 Å². The maximum atomic E-state index is 6.56. The van der Waals surface area contributed by atoms with Gasteiger partial charge in [0.25, 0.3) is 0 Å². The molecule has 0 fully saturated rings. The minimum Gasteiger partial charge on any atom is -0.455 e. The van der Waals surface area contributed by atoms with E-state index in [0.717, 1.165) is 25.5 Å². The van der Waals surface area contributed by atoms with Crippen molar-refractivity contribution >= 4 is 53.8 Å². The van der Waals surface area contributed by atoms with Crippen LogP contribution in [0.3, 0.4) is 0 Å². The lowest BCUT2D eigenvalue weighted by molar-refractivity contribution is 0.669. The molecule has 0 aliphatic heterocycles. The molecule has 8 rings (SSSR count). The maximum Gasteiger partial charge on any atom is 0.143 e. The van der Waals surface area contributed by atoms with Gasteiger partial charge in [-0.2, -0.15) is 0 Å². The summed E-state index contributed by atoms with van der Waals surface area (Å²) in [5.74, 6) is 0. The Morgan fingerprint density at radius 1 is 0.500 bits per heavy atom. The molecule has 1 nitrogen and oxygen atoms in total. The van der Waals surface area contributed by atoms with Gasteiger partial charge in [-0.05, 0) is 46.0 Å². The van der Waals surface area contributed by atoms with Gasteiger partial charge in [0.15, 0.2) is 0 Å². The number of furan rings is 1. The molecule has 34 heavy (non-hydrogen) atoms. The van der Waals surface area contributed by atoms with Crippen LogP contribution in [0, 0.1) is 0 Å². The summed E-state index contributed by atoms with van der Waals surface area (Å²) in [6, 6.07) is 35.0. The van der Waals surface area contributed by atoms with Crippen LogP contribution in [-0.2, 0) is 5.41 Å². The van der Waals surface area contributed by atoms with Gasteiger partial charge in [0.2, 0.25) is 0 Å². The minimum atomic E-state index is -0.392. The lowest BCUT2D eigenvalue weighted by atomic mass is 9.70. The van der Waals surface area contributed by atoms with Crippen LogP contribution < -0.4 is 0 Å². The summed E-state index contributed by atoms with van der Waals surface area (Å²) in [4.78, 5) is 0. The fourth-order valence-electron chi connectivity index (χ4n) is 6.45. The Morgan fingerprint density at radius 3 is 1.88 bits per heavy atom. The Kier molecular flexibility index (Phi) is 3.67. The molecule has 2 aliphatic rings. The Morgan fingerprint density at radius 2 is 1.12 bits per heavy atom. The summed E-state index contributed by atoms with van der Waals surface area (Å²) in [6.45, 7) is 0. The van der Waals surface area contributed by atoms with E-state index >= 15 is 0 Å². The van der Waals surface area contributed by atoms with Crippen molar-refractivity contribution in [3.63, 3.8) is 0 Å². The van der Waals surface area contributed by atoms with Gasteiger partial charge in [-0.3, -0.25) is 0 Å². The zero-order valence-corrected chi connectivity index (χ0v) is 21.1. The van der Waals surface area contributed by atoms with Crippen LogP contribution in [0.5, 0.6) is 0 Å². The second-order valence-electron chi connectivity index (χ2n) is 9.08. The van der Waals surface area contributed by atoms with Gasteiger partial charge in [-0.15, -0.1) is 0 Å². The third-order valence-electron chi connectivity index (χ3n) is 7.64. The molecule has 160 valence electrons. The Balaban J connectivity index is 1.63. The van der Waals surface area contributed by atoms with Crippen molar-refractivity contribution in [2.24, 2.45) is 0 Å². The van der Waals surface area contributed by atoms with Crippen molar-refractivity contribution in [1.29, 1.82) is 0 Å². The van der Waals surface area contributed by atoms with Crippen molar-refractivity contribution in [2.45, 2.75) is 5.41 Å². The number of hydrogen-bond acceptors (Lipinski definition) is 1. The van der Waals surface area contributed by atoms with Crippen LogP contribution in [0.2, 0.25) is 0 Å². The zero-order valence-electron chi connectivity index (χ0n) is 17.9. The SMILES string of the molecule is Brc1cccc2c1-c1c(Br)cccc1C21c2ccccc2-c2c1ccc1c2oc2ccccc21. The lowest BCUT2D eigenvalue weighted by Crippen LogP contribution is -2.25. The van der Waals surface area contributed by atoms with Crippen molar-refractivity contribution in [3.8, 4) is 22.3 Å². The molecule has 0 N–H and O–H groups in total. The Bertz CT molecular complexity index is 1790. The molecule has 1 heterocycles. The molecule has 0 saturated carbocycles. The number of benzene rings is 5. The van der Waals surface area contributed by atoms with Gasteiger partial charge >= 0.3 is 0 Å². The highest BCUT2D eigenvalue weighted by Crippen LogP contribution is 2.65. The molecule has 3 heteroatoms. The van der Waals surface area contributed by atoms with E-state index in [1.165, 1.54) is 49.9 Å². The van der Waals surface area contributed by atoms with Crippen molar-refractivity contribution < 1.29 is 4.42 Å². The van der Waals surface area contributed by atoms with Crippen molar-refractivity contribution in [2.75, 3.05) is 0 Å². The predicted molar refractivity (Wildman–Crippen MR) is 145 cm³/mol. The first-order valence-electron chi connectivity index (χ1n) is 11.3. The van der Waals surface area contributed by atoms with Crippen LogP contribution in [0.15, 0.2) is 110 Å². The second-order valence-corrected chi connectivity index (χ2v) is 10.8.